The highest BCUT2D eigenvalue weighted by Crippen LogP contribution is 2.32. The van der Waals surface area contributed by atoms with Gasteiger partial charge in [0, 0.05) is 25.2 Å². The molecular weight excluding hydrogens is 407 g/mol. The average Bonchev–Trinajstić information content (AvgIpc) is 3.19. The maximum atomic E-state index is 14.5. The van der Waals surface area contributed by atoms with Gasteiger partial charge >= 0.3 is 0 Å². The van der Waals surface area contributed by atoms with Crippen LogP contribution < -0.4 is 0 Å². The number of likely N-dealkylation sites (N-methyl/N-ethyl adjacent to an activating group) is 1. The minimum Gasteiger partial charge on any atom is -0.335 e. The number of pyridine rings is 1. The van der Waals surface area contributed by atoms with Gasteiger partial charge in [0.15, 0.2) is 0 Å². The Kier molecular flexibility index (Phi) is 5.19. The molecule has 0 radical (unpaired) electrons. The van der Waals surface area contributed by atoms with Crippen molar-refractivity contribution >= 4 is 17.0 Å². The molecule has 2 aromatic carbocycles. The summed E-state index contributed by atoms with van der Waals surface area (Å²) in [6.07, 6.45) is 0. The first-order valence-electron chi connectivity index (χ1n) is 10.6. The van der Waals surface area contributed by atoms with E-state index in [9.17, 15) is 9.18 Å². The number of nitrogens with zero attached hydrogens (tertiary/aromatic N) is 4. The zero-order chi connectivity index (χ0) is 22.2. The van der Waals surface area contributed by atoms with Crippen LogP contribution >= 0.6 is 0 Å². The smallest absolute Gasteiger partial charge is 0.259 e. The van der Waals surface area contributed by atoms with E-state index in [0.717, 1.165) is 18.7 Å². The van der Waals surface area contributed by atoms with Crippen LogP contribution in [0.4, 0.5) is 4.39 Å². The minimum atomic E-state index is -0.407. The lowest BCUT2D eigenvalue weighted by Gasteiger charge is -2.40. The highest BCUT2D eigenvalue weighted by Gasteiger charge is 2.33. The highest BCUT2D eigenvalue weighted by molar-refractivity contribution is 6.07. The Morgan fingerprint density at radius 3 is 2.62 bits per heavy atom. The molecule has 1 saturated heterocycles. The van der Waals surface area contributed by atoms with Crippen molar-refractivity contribution in [2.45, 2.75) is 13.0 Å². The molecule has 0 N–H and O–H groups in total. The van der Waals surface area contributed by atoms with Crippen LogP contribution in [0.25, 0.3) is 22.4 Å². The monoisotopic (exact) mass is 430 g/mol. The number of benzene rings is 2. The van der Waals surface area contributed by atoms with E-state index < -0.39 is 5.82 Å². The van der Waals surface area contributed by atoms with Crippen molar-refractivity contribution in [3.8, 4) is 11.3 Å². The van der Waals surface area contributed by atoms with Crippen LogP contribution in [0.15, 0.2) is 65.2 Å². The lowest BCUT2D eigenvalue weighted by molar-refractivity contribution is 0.0500. The van der Waals surface area contributed by atoms with E-state index in [4.69, 9.17) is 4.52 Å². The number of piperazine rings is 1. The maximum Gasteiger partial charge on any atom is 0.259 e. The Morgan fingerprint density at radius 1 is 1.09 bits per heavy atom. The van der Waals surface area contributed by atoms with E-state index >= 15 is 0 Å². The fourth-order valence-corrected chi connectivity index (χ4v) is 4.35. The van der Waals surface area contributed by atoms with E-state index in [1.807, 2.05) is 35.2 Å². The zero-order valence-electron chi connectivity index (χ0n) is 18.0. The van der Waals surface area contributed by atoms with Crippen molar-refractivity contribution in [2.24, 2.45) is 0 Å². The number of hydrogen-bond acceptors (Lipinski definition) is 5. The largest absolute Gasteiger partial charge is 0.335 e. The minimum absolute atomic E-state index is 0.0947. The molecule has 1 amide bonds. The topological polar surface area (TPSA) is 62.5 Å². The first-order valence-corrected chi connectivity index (χ1v) is 10.6. The normalized spacial score (nSPS) is 17.1. The SMILES string of the molecule is Cc1noc2nc(-c3ccccc3F)cc(C(=O)N3CCN(C)C[C@H]3c3ccccc3)c12. The number of aromatic nitrogens is 2. The van der Waals surface area contributed by atoms with Crippen molar-refractivity contribution in [3.63, 3.8) is 0 Å². The van der Waals surface area contributed by atoms with Crippen molar-refractivity contribution in [3.05, 3.63) is 83.3 Å². The number of carbonyl (C=O) groups is 1. The summed E-state index contributed by atoms with van der Waals surface area (Å²) in [6, 6.07) is 18.0. The molecule has 5 rings (SSSR count). The molecule has 162 valence electrons. The quantitative estimate of drug-likeness (QED) is 0.480. The Morgan fingerprint density at radius 2 is 1.84 bits per heavy atom. The number of aryl methyl sites for hydroxylation is 1. The van der Waals surface area contributed by atoms with Crippen molar-refractivity contribution in [2.75, 3.05) is 26.7 Å². The third kappa shape index (κ3) is 3.54. The average molecular weight is 430 g/mol. The Balaban J connectivity index is 1.64. The van der Waals surface area contributed by atoms with Gasteiger partial charge in [-0.1, -0.05) is 47.6 Å². The van der Waals surface area contributed by atoms with E-state index in [-0.39, 0.29) is 17.7 Å². The van der Waals surface area contributed by atoms with Gasteiger partial charge in [0.1, 0.15) is 5.82 Å². The van der Waals surface area contributed by atoms with Gasteiger partial charge in [0.05, 0.1) is 28.4 Å². The number of fused-ring (bicyclic) bond motifs is 1. The molecule has 1 aliphatic heterocycles. The third-order valence-electron chi connectivity index (χ3n) is 6.03. The van der Waals surface area contributed by atoms with Gasteiger partial charge < -0.3 is 14.3 Å². The number of rotatable bonds is 3. The van der Waals surface area contributed by atoms with E-state index in [2.05, 4.69) is 22.1 Å². The van der Waals surface area contributed by atoms with Crippen LogP contribution in [0, 0.1) is 12.7 Å². The lowest BCUT2D eigenvalue weighted by atomic mass is 9.99. The molecule has 0 unspecified atom stereocenters. The van der Waals surface area contributed by atoms with Gasteiger partial charge in [0.2, 0.25) is 0 Å². The third-order valence-corrected chi connectivity index (χ3v) is 6.03. The van der Waals surface area contributed by atoms with Gasteiger partial charge in [-0.3, -0.25) is 4.79 Å². The van der Waals surface area contributed by atoms with Crippen molar-refractivity contribution < 1.29 is 13.7 Å². The van der Waals surface area contributed by atoms with Gasteiger partial charge in [-0.2, -0.15) is 0 Å². The van der Waals surface area contributed by atoms with Gasteiger partial charge in [-0.15, -0.1) is 0 Å². The summed E-state index contributed by atoms with van der Waals surface area (Å²) in [7, 11) is 2.06. The maximum absolute atomic E-state index is 14.5. The Hall–Kier alpha value is -3.58. The fraction of sp³-hybridized carbons (Fsp3) is 0.240. The van der Waals surface area contributed by atoms with Crippen molar-refractivity contribution in [1.29, 1.82) is 0 Å². The molecule has 1 atom stereocenters. The molecule has 6 nitrogen and oxygen atoms in total. The molecule has 0 saturated carbocycles. The van der Waals surface area contributed by atoms with Crippen LogP contribution in [0.1, 0.15) is 27.7 Å². The molecule has 0 bridgehead atoms. The Labute approximate surface area is 185 Å². The summed E-state index contributed by atoms with van der Waals surface area (Å²) < 4.78 is 19.9. The fourth-order valence-electron chi connectivity index (χ4n) is 4.35. The predicted octanol–water partition coefficient (Wildman–Crippen LogP) is 4.47. The number of hydrogen-bond donors (Lipinski definition) is 0. The molecule has 4 aromatic rings. The highest BCUT2D eigenvalue weighted by atomic mass is 19.1. The molecule has 32 heavy (non-hydrogen) atoms. The summed E-state index contributed by atoms with van der Waals surface area (Å²) in [5.41, 5.74) is 2.99. The van der Waals surface area contributed by atoms with Gasteiger partial charge in [-0.25, -0.2) is 9.37 Å². The molecule has 3 heterocycles. The molecule has 0 aliphatic carbocycles. The van der Waals surface area contributed by atoms with Crippen LogP contribution in [0.2, 0.25) is 0 Å². The van der Waals surface area contributed by atoms with E-state index in [0.29, 0.717) is 34.4 Å². The van der Waals surface area contributed by atoms with Crippen LogP contribution in [0.5, 0.6) is 0 Å². The van der Waals surface area contributed by atoms with Gasteiger partial charge in [0.25, 0.3) is 11.6 Å². The number of amides is 1. The summed E-state index contributed by atoms with van der Waals surface area (Å²) in [4.78, 5) is 22.5. The van der Waals surface area contributed by atoms with Gasteiger partial charge in [-0.05, 0) is 37.7 Å². The van der Waals surface area contributed by atoms with Crippen LogP contribution in [-0.4, -0.2) is 52.5 Å². The van der Waals surface area contributed by atoms with Crippen LogP contribution in [0.3, 0.4) is 0 Å². The standard InChI is InChI=1S/C25H23FN4O2/c1-16-23-19(14-21(27-24(23)32-28-16)18-10-6-7-11-20(18)26)25(31)30-13-12-29(2)15-22(30)17-8-4-3-5-9-17/h3-11,14,22H,12-13,15H2,1-2H3/t22-/m0/s1. The molecule has 1 fully saturated rings. The first kappa shape index (κ1) is 20.3. The second-order valence-electron chi connectivity index (χ2n) is 8.17. The molecule has 2 aromatic heterocycles. The number of carbonyl (C=O) groups excluding carboxylic acids is 1. The lowest BCUT2D eigenvalue weighted by Crippen LogP contribution is -2.49. The summed E-state index contributed by atoms with van der Waals surface area (Å²) in [6.45, 7) is 3.86. The number of halogens is 1. The second-order valence-corrected chi connectivity index (χ2v) is 8.17. The predicted molar refractivity (Wildman–Crippen MR) is 120 cm³/mol. The van der Waals surface area contributed by atoms with Crippen LogP contribution in [-0.2, 0) is 0 Å². The molecular formula is C25H23FN4O2. The summed E-state index contributed by atoms with van der Waals surface area (Å²) in [5.74, 6) is -0.543. The summed E-state index contributed by atoms with van der Waals surface area (Å²) in [5, 5.41) is 4.59. The molecule has 7 heteroatoms. The Bertz CT molecular complexity index is 1290. The van der Waals surface area contributed by atoms with E-state index in [1.165, 1.54) is 6.07 Å². The second kappa shape index (κ2) is 8.16. The first-order chi connectivity index (χ1) is 15.5. The van der Waals surface area contributed by atoms with E-state index in [1.54, 1.807) is 31.2 Å². The molecule has 1 aliphatic rings. The summed E-state index contributed by atoms with van der Waals surface area (Å²) >= 11 is 0. The molecule has 0 spiro atoms. The van der Waals surface area contributed by atoms with Crippen molar-refractivity contribution in [1.82, 2.24) is 19.9 Å². The zero-order valence-corrected chi connectivity index (χ0v) is 18.0.